The fraction of sp³-hybridized carbons (Fsp3) is 0.0952. The normalized spacial score (nSPS) is 13.0. The number of benzene rings is 1. The topological polar surface area (TPSA) is 75.2 Å². The van der Waals surface area contributed by atoms with Gasteiger partial charge in [0.2, 0.25) is 0 Å². The molecule has 1 aromatic carbocycles. The van der Waals surface area contributed by atoms with Crippen molar-refractivity contribution in [3.05, 3.63) is 77.9 Å². The highest BCUT2D eigenvalue weighted by atomic mass is 16.5. The van der Waals surface area contributed by atoms with Gasteiger partial charge in [-0.2, -0.15) is 5.10 Å². The number of fused-ring (bicyclic) bond motifs is 2. The number of methoxy groups -OCH3 is 1. The van der Waals surface area contributed by atoms with Gasteiger partial charge in [0.05, 0.1) is 36.6 Å². The summed E-state index contributed by atoms with van der Waals surface area (Å²) in [7, 11) is 1.65. The van der Waals surface area contributed by atoms with Crippen molar-refractivity contribution in [2.24, 2.45) is 5.10 Å². The van der Waals surface area contributed by atoms with Crippen LogP contribution < -0.4 is 10.2 Å². The standard InChI is InChI=1S/C21H17N5O/c1-27-16-7-15(10-22-12-16)13-4-5-14-11-24-26-21(17(14)8-13)20-9-19-18(25-20)3-2-6-23-19/h2-10,12,24-25H,11H2,1H3. The number of pyridine rings is 2. The minimum atomic E-state index is 0.702. The number of ether oxygens (including phenoxy) is 1. The Hall–Kier alpha value is -3.67. The fourth-order valence-electron chi connectivity index (χ4n) is 3.37. The monoisotopic (exact) mass is 355 g/mol. The first-order valence-electron chi connectivity index (χ1n) is 8.69. The number of nitrogens with one attached hydrogen (secondary N) is 2. The Morgan fingerprint density at radius 1 is 1.04 bits per heavy atom. The first-order chi connectivity index (χ1) is 13.3. The van der Waals surface area contributed by atoms with Crippen molar-refractivity contribution in [3.63, 3.8) is 0 Å². The van der Waals surface area contributed by atoms with E-state index >= 15 is 0 Å². The van der Waals surface area contributed by atoms with E-state index in [1.165, 1.54) is 5.56 Å². The third-order valence-electron chi connectivity index (χ3n) is 4.75. The molecule has 0 saturated carbocycles. The van der Waals surface area contributed by atoms with Crippen LogP contribution in [0.4, 0.5) is 0 Å². The summed E-state index contributed by atoms with van der Waals surface area (Å²) < 4.78 is 5.30. The predicted octanol–water partition coefficient (Wildman–Crippen LogP) is 3.49. The van der Waals surface area contributed by atoms with E-state index in [9.17, 15) is 0 Å². The summed E-state index contributed by atoms with van der Waals surface area (Å²) in [6, 6.07) is 14.3. The molecule has 6 heteroatoms. The molecule has 27 heavy (non-hydrogen) atoms. The number of hydrogen-bond acceptors (Lipinski definition) is 5. The Morgan fingerprint density at radius 2 is 2.00 bits per heavy atom. The summed E-state index contributed by atoms with van der Waals surface area (Å²) in [5, 5.41) is 4.57. The Bertz CT molecular complexity index is 1150. The predicted molar refractivity (Wildman–Crippen MR) is 105 cm³/mol. The van der Waals surface area contributed by atoms with Crippen LogP contribution in [-0.2, 0) is 6.54 Å². The van der Waals surface area contributed by atoms with E-state index in [-0.39, 0.29) is 0 Å². The molecular weight excluding hydrogens is 338 g/mol. The average molecular weight is 355 g/mol. The van der Waals surface area contributed by atoms with Crippen molar-refractivity contribution >= 4 is 16.7 Å². The smallest absolute Gasteiger partial charge is 0.137 e. The van der Waals surface area contributed by atoms with E-state index in [1.54, 1.807) is 19.5 Å². The van der Waals surface area contributed by atoms with Crippen LogP contribution in [0.25, 0.3) is 22.2 Å². The highest BCUT2D eigenvalue weighted by Crippen LogP contribution is 2.28. The van der Waals surface area contributed by atoms with Crippen LogP contribution in [0.2, 0.25) is 0 Å². The van der Waals surface area contributed by atoms with Gasteiger partial charge in [0.1, 0.15) is 11.5 Å². The Labute approximate surface area is 155 Å². The lowest BCUT2D eigenvalue weighted by Crippen LogP contribution is -2.21. The van der Waals surface area contributed by atoms with Crippen molar-refractivity contribution in [2.75, 3.05) is 7.11 Å². The summed E-state index contributed by atoms with van der Waals surface area (Å²) in [5.41, 5.74) is 11.3. The van der Waals surface area contributed by atoms with E-state index in [0.29, 0.717) is 6.54 Å². The van der Waals surface area contributed by atoms with Crippen LogP contribution >= 0.6 is 0 Å². The van der Waals surface area contributed by atoms with Crippen LogP contribution in [0.15, 0.2) is 66.2 Å². The largest absolute Gasteiger partial charge is 0.495 e. The average Bonchev–Trinajstić information content (AvgIpc) is 3.17. The van der Waals surface area contributed by atoms with E-state index in [1.807, 2.05) is 30.5 Å². The molecular formula is C21H17N5O. The quantitative estimate of drug-likeness (QED) is 0.590. The molecule has 4 aromatic rings. The van der Waals surface area contributed by atoms with Crippen LogP contribution in [0.1, 0.15) is 16.8 Å². The molecule has 1 aliphatic rings. The maximum absolute atomic E-state index is 5.30. The highest BCUT2D eigenvalue weighted by molar-refractivity contribution is 6.15. The molecule has 2 N–H and O–H groups in total. The summed E-state index contributed by atoms with van der Waals surface area (Å²) >= 11 is 0. The maximum Gasteiger partial charge on any atom is 0.137 e. The van der Waals surface area contributed by atoms with Gasteiger partial charge in [-0.25, -0.2) is 0 Å². The van der Waals surface area contributed by atoms with E-state index in [0.717, 1.165) is 44.9 Å². The molecule has 5 rings (SSSR count). The molecule has 0 unspecified atom stereocenters. The molecule has 4 heterocycles. The van der Waals surface area contributed by atoms with E-state index < -0.39 is 0 Å². The second-order valence-corrected chi connectivity index (χ2v) is 6.40. The molecule has 6 nitrogen and oxygen atoms in total. The number of aromatic nitrogens is 3. The molecule has 0 amide bonds. The zero-order valence-electron chi connectivity index (χ0n) is 14.7. The molecule has 0 fully saturated rings. The fourth-order valence-corrected chi connectivity index (χ4v) is 3.37. The molecule has 3 aromatic heterocycles. The molecule has 0 atom stereocenters. The number of nitrogens with zero attached hydrogens (tertiary/aromatic N) is 3. The third-order valence-corrected chi connectivity index (χ3v) is 4.75. The summed E-state index contributed by atoms with van der Waals surface area (Å²) in [6.07, 6.45) is 5.34. The van der Waals surface area contributed by atoms with E-state index in [4.69, 9.17) is 4.74 Å². The molecule has 0 radical (unpaired) electrons. The van der Waals surface area contributed by atoms with Gasteiger partial charge in [-0.15, -0.1) is 0 Å². The van der Waals surface area contributed by atoms with Gasteiger partial charge in [-0.3, -0.25) is 9.97 Å². The first kappa shape index (κ1) is 15.6. The molecule has 132 valence electrons. The second kappa shape index (κ2) is 6.25. The van der Waals surface area contributed by atoms with Crippen molar-refractivity contribution in [3.8, 4) is 16.9 Å². The van der Waals surface area contributed by atoms with E-state index in [2.05, 4.69) is 43.7 Å². The van der Waals surface area contributed by atoms with Crippen molar-refractivity contribution in [1.82, 2.24) is 20.4 Å². The van der Waals surface area contributed by atoms with Crippen LogP contribution in [0.5, 0.6) is 5.75 Å². The van der Waals surface area contributed by atoms with Crippen LogP contribution in [-0.4, -0.2) is 27.8 Å². The van der Waals surface area contributed by atoms with Crippen molar-refractivity contribution < 1.29 is 4.74 Å². The Balaban J connectivity index is 1.62. The SMILES string of the molecule is COc1cncc(-c2ccc3c(c2)C(c2cc4ncccc4[nH]2)=NNC3)c1. The zero-order valence-corrected chi connectivity index (χ0v) is 14.7. The molecule has 0 spiro atoms. The van der Waals surface area contributed by atoms with Crippen molar-refractivity contribution in [2.45, 2.75) is 6.54 Å². The Kier molecular flexibility index (Phi) is 3.60. The molecule has 0 bridgehead atoms. The minimum absolute atomic E-state index is 0.702. The number of aromatic amines is 1. The zero-order chi connectivity index (χ0) is 18.2. The lowest BCUT2D eigenvalue weighted by Gasteiger charge is -2.18. The number of hydrogen-bond donors (Lipinski definition) is 2. The lowest BCUT2D eigenvalue weighted by atomic mass is 9.95. The van der Waals surface area contributed by atoms with Crippen LogP contribution in [0.3, 0.4) is 0 Å². The second-order valence-electron chi connectivity index (χ2n) is 6.40. The van der Waals surface area contributed by atoms with Crippen molar-refractivity contribution in [1.29, 1.82) is 0 Å². The van der Waals surface area contributed by atoms with Gasteiger partial charge in [-0.05, 0) is 41.5 Å². The third kappa shape index (κ3) is 2.71. The summed E-state index contributed by atoms with van der Waals surface area (Å²) in [4.78, 5) is 12.1. The van der Waals surface area contributed by atoms with Gasteiger partial charge in [0, 0.05) is 23.5 Å². The highest BCUT2D eigenvalue weighted by Gasteiger charge is 2.19. The number of H-pyrrole nitrogens is 1. The van der Waals surface area contributed by atoms with Gasteiger partial charge in [0.15, 0.2) is 0 Å². The number of hydrazone groups is 1. The molecule has 1 aliphatic heterocycles. The van der Waals surface area contributed by atoms with Gasteiger partial charge >= 0.3 is 0 Å². The lowest BCUT2D eigenvalue weighted by molar-refractivity contribution is 0.413. The molecule has 0 saturated heterocycles. The summed E-state index contributed by atoms with van der Waals surface area (Å²) in [5.74, 6) is 0.738. The maximum atomic E-state index is 5.30. The van der Waals surface area contributed by atoms with Gasteiger partial charge in [-0.1, -0.05) is 12.1 Å². The van der Waals surface area contributed by atoms with Gasteiger partial charge in [0.25, 0.3) is 0 Å². The first-order valence-corrected chi connectivity index (χ1v) is 8.69. The Morgan fingerprint density at radius 3 is 2.89 bits per heavy atom. The summed E-state index contributed by atoms with van der Waals surface area (Å²) in [6.45, 7) is 0.702. The van der Waals surface area contributed by atoms with Gasteiger partial charge < -0.3 is 15.1 Å². The minimum Gasteiger partial charge on any atom is -0.495 e. The molecule has 0 aliphatic carbocycles. The van der Waals surface area contributed by atoms with Crippen LogP contribution in [0, 0.1) is 0 Å². The number of rotatable bonds is 3.